The van der Waals surface area contributed by atoms with E-state index < -0.39 is 96.3 Å². The number of thioether (sulfide) groups is 1. The van der Waals surface area contributed by atoms with Crippen LogP contribution in [0.25, 0.3) is 6.08 Å². The normalized spacial score (nSPS) is 24.9. The monoisotopic (exact) mass is 1160 g/mol. The number of aromatic nitrogens is 2. The van der Waals surface area contributed by atoms with Crippen molar-refractivity contribution in [3.8, 4) is 0 Å². The minimum absolute atomic E-state index is 0.0368. The van der Waals surface area contributed by atoms with Crippen LogP contribution in [-0.4, -0.2) is 174 Å². The molecule has 3 amide bonds. The van der Waals surface area contributed by atoms with E-state index in [1.165, 1.54) is 22.7 Å². The van der Waals surface area contributed by atoms with Gasteiger partial charge in [-0.3, -0.25) is 52.3 Å². The zero-order chi connectivity index (χ0) is 58.5. The smallest absolute Gasteiger partial charge is 0.396 e. The van der Waals surface area contributed by atoms with Crippen molar-refractivity contribution in [1.82, 2.24) is 19.8 Å². The molecule has 5 unspecified atom stereocenters. The van der Waals surface area contributed by atoms with Gasteiger partial charge in [-0.05, 0) is 93.1 Å². The van der Waals surface area contributed by atoms with E-state index in [0.29, 0.717) is 95.9 Å². The third-order valence-corrected chi connectivity index (χ3v) is 15.8. The number of nitrogens with one attached hydrogen (secondary N) is 2. The van der Waals surface area contributed by atoms with Crippen LogP contribution in [0.4, 0.5) is 0 Å². The number of amides is 3. The molecule has 79 heavy (non-hydrogen) atoms. The van der Waals surface area contributed by atoms with Crippen LogP contribution in [0.3, 0.4) is 0 Å². The molecule has 23 nitrogen and oxygen atoms in total. The van der Waals surface area contributed by atoms with Gasteiger partial charge in [-0.25, -0.2) is 9.36 Å². The van der Waals surface area contributed by atoms with Crippen LogP contribution in [-0.2, 0) is 56.5 Å². The van der Waals surface area contributed by atoms with Gasteiger partial charge in [0.05, 0.1) is 47.9 Å². The molecule has 1 aromatic heterocycles. The predicted octanol–water partition coefficient (Wildman–Crippen LogP) is 4.41. The summed E-state index contributed by atoms with van der Waals surface area (Å²) in [6.45, 7) is 12.4. The summed E-state index contributed by atoms with van der Waals surface area (Å²) >= 11 is 1.33. The molecule has 1 aromatic rings. The van der Waals surface area contributed by atoms with Crippen molar-refractivity contribution >= 4 is 54.9 Å². The number of phosphoric acid groups is 1. The number of Topliss-reactive ketones (excluding diaryl/α,β-unsaturated/α-hetero) is 2. The van der Waals surface area contributed by atoms with Gasteiger partial charge in [-0.15, -0.1) is 11.8 Å². The van der Waals surface area contributed by atoms with E-state index in [4.69, 9.17) is 28.0 Å². The number of carbonyl (C=O) groups is 5. The van der Waals surface area contributed by atoms with Crippen LogP contribution in [0.15, 0.2) is 21.9 Å². The molecule has 0 bridgehead atoms. The fourth-order valence-corrected chi connectivity index (χ4v) is 11.1. The molecular weight excluding hydrogens is 1070 g/mol. The highest BCUT2D eigenvalue weighted by Gasteiger charge is 2.46. The lowest BCUT2D eigenvalue weighted by atomic mass is 10.0. The first-order valence-electron chi connectivity index (χ1n) is 27.9. The number of ketones is 2. The van der Waals surface area contributed by atoms with Crippen molar-refractivity contribution in [2.45, 2.75) is 223 Å². The van der Waals surface area contributed by atoms with Gasteiger partial charge < -0.3 is 49.6 Å². The van der Waals surface area contributed by atoms with E-state index >= 15 is 0 Å². The second kappa shape index (κ2) is 33.0. The van der Waals surface area contributed by atoms with Crippen molar-refractivity contribution < 1.29 is 81.9 Å². The van der Waals surface area contributed by atoms with Gasteiger partial charge in [0.25, 0.3) is 5.56 Å². The van der Waals surface area contributed by atoms with Crippen LogP contribution in [0, 0.1) is 5.92 Å². The average molecular weight is 1160 g/mol. The Bertz CT molecular complexity index is 2320. The molecular formula is C54H89N4O19PS. The molecule has 25 heteroatoms. The number of carbonyl (C=O) groups excluding carboxylic acids is 5. The number of phosphoric ester groups is 1. The van der Waals surface area contributed by atoms with E-state index in [1.807, 2.05) is 41.5 Å². The molecule has 450 valence electrons. The Morgan fingerprint density at radius 1 is 0.823 bits per heavy atom. The van der Waals surface area contributed by atoms with Gasteiger partial charge in [0.1, 0.15) is 48.2 Å². The molecule has 0 saturated carbocycles. The van der Waals surface area contributed by atoms with E-state index in [2.05, 4.69) is 10.3 Å². The van der Waals surface area contributed by atoms with Crippen molar-refractivity contribution in [3.05, 3.63) is 38.7 Å². The zero-order valence-electron chi connectivity index (χ0n) is 47.2. The number of aliphatic hydroxyl groups is 4. The lowest BCUT2D eigenvalue weighted by Crippen LogP contribution is -2.41. The van der Waals surface area contributed by atoms with Crippen LogP contribution >= 0.6 is 19.6 Å². The molecule has 7 N–H and O–H groups in total. The number of imide groups is 1. The Hall–Kier alpha value is -3.49. The summed E-state index contributed by atoms with van der Waals surface area (Å²) in [6.07, 6.45) is 5.49. The number of hydrogen-bond acceptors (Lipinski definition) is 19. The van der Waals surface area contributed by atoms with Gasteiger partial charge >= 0.3 is 13.5 Å². The average Bonchev–Trinajstić information content (AvgIpc) is 3.92. The van der Waals surface area contributed by atoms with Crippen molar-refractivity contribution in [2.75, 3.05) is 45.3 Å². The molecule has 3 aliphatic rings. The number of likely N-dealkylation sites (tertiary alicyclic amines) is 1. The number of ether oxygens (including phenoxy) is 4. The fraction of sp³-hybridized carbons (Fsp3) is 0.796. The van der Waals surface area contributed by atoms with E-state index in [9.17, 15) is 63.4 Å². The van der Waals surface area contributed by atoms with Gasteiger partial charge in [-0.1, -0.05) is 38.5 Å². The van der Waals surface area contributed by atoms with Gasteiger partial charge in [0.2, 0.25) is 17.7 Å². The highest BCUT2D eigenvalue weighted by molar-refractivity contribution is 8.00. The fourth-order valence-electron chi connectivity index (χ4n) is 9.18. The number of H-pyrrole nitrogens is 1. The summed E-state index contributed by atoms with van der Waals surface area (Å²) in [5.74, 6) is -0.673. The summed E-state index contributed by atoms with van der Waals surface area (Å²) in [6, 6.07) is 0. The Labute approximate surface area is 467 Å². The van der Waals surface area contributed by atoms with Crippen LogP contribution in [0.5, 0.6) is 0 Å². The van der Waals surface area contributed by atoms with Crippen molar-refractivity contribution in [3.63, 3.8) is 0 Å². The van der Waals surface area contributed by atoms with Gasteiger partial charge in [-0.2, -0.15) is 0 Å². The third kappa shape index (κ3) is 24.1. The summed E-state index contributed by atoms with van der Waals surface area (Å²) in [5.41, 5.74) is -2.77. The second-order valence-electron chi connectivity index (χ2n) is 22.7. The van der Waals surface area contributed by atoms with Crippen LogP contribution < -0.4 is 16.6 Å². The van der Waals surface area contributed by atoms with Crippen molar-refractivity contribution in [1.29, 1.82) is 0 Å². The van der Waals surface area contributed by atoms with E-state index in [1.54, 1.807) is 6.92 Å². The van der Waals surface area contributed by atoms with E-state index in [0.717, 1.165) is 42.5 Å². The summed E-state index contributed by atoms with van der Waals surface area (Å²) < 4.78 is 46.8. The molecule has 3 aliphatic heterocycles. The number of hydrogen-bond donors (Lipinski definition) is 7. The molecule has 11 atom stereocenters. The van der Waals surface area contributed by atoms with Gasteiger partial charge in [0.15, 0.2) is 6.23 Å². The van der Waals surface area contributed by atoms with E-state index in [-0.39, 0.29) is 61.8 Å². The molecule has 3 fully saturated rings. The molecule has 4 rings (SSSR count). The maximum Gasteiger partial charge on any atom is 0.472 e. The highest BCUT2D eigenvalue weighted by atomic mass is 32.2. The minimum atomic E-state index is -4.49. The topological polar surface area (TPSA) is 329 Å². The van der Waals surface area contributed by atoms with Crippen molar-refractivity contribution in [2.24, 2.45) is 5.92 Å². The highest BCUT2D eigenvalue weighted by Crippen LogP contribution is 2.45. The summed E-state index contributed by atoms with van der Waals surface area (Å²) in [4.78, 5) is 102. The standard InChI is InChI=1S/C54H89N4O19PS/c1-35-45(64)48(77-54(5,6)7)41(75-35)34-74-78(70,71)73-32-36(31-59)19-13-11-15-20-38(60)21-16-12-18-27-57-44(63)29-42(50(57)68)79-28-25-39(61)22-14-9-8-10-17-26-55-43(62)24-23-37-30-58(52(69)56-49(37)67)51-47(66)46(65)40(76-51)33-72-53(2,3)4/h23-24,30,35-36,40-42,45-48,51,59,64-66H,8-22,25-29,31-34H2,1-7H3,(H,55,62)(H,70,71)(H,56,67,69)/b24-23+/t35-,36?,40+,41+,42?,45+,46?,47-,48?,51+/m0/s1. The summed E-state index contributed by atoms with van der Waals surface area (Å²) in [7, 11) is -4.49. The first-order chi connectivity index (χ1) is 37.2. The second-order valence-corrected chi connectivity index (χ2v) is 25.5. The molecule has 3 saturated heterocycles. The molecule has 0 radical (unpaired) electrons. The number of aromatic amines is 1. The Morgan fingerprint density at radius 3 is 2.11 bits per heavy atom. The van der Waals surface area contributed by atoms with Crippen LogP contribution in [0.2, 0.25) is 0 Å². The van der Waals surface area contributed by atoms with Gasteiger partial charge in [0, 0.05) is 75.7 Å². The Morgan fingerprint density at radius 2 is 1.46 bits per heavy atom. The minimum Gasteiger partial charge on any atom is -0.396 e. The SMILES string of the molecule is C[C@@H]1O[C@H](COP(=O)(O)OCC(CO)CCCCCC(=O)CCCCCN2C(=O)CC(SCCC(=O)CCCCCCCNC(=O)/C=C/c3cn([C@@H]4O[C@H](COC(C)(C)C)C(O)[C@@H]4O)c(=O)[nH]c3=O)C2=O)C(OC(C)(C)C)[C@@H]1O. The molecule has 0 aliphatic carbocycles. The van der Waals surface area contributed by atoms with Crippen LogP contribution in [0.1, 0.15) is 169 Å². The largest absolute Gasteiger partial charge is 0.472 e. The molecule has 0 aromatic carbocycles. The molecule has 4 heterocycles. The first-order valence-corrected chi connectivity index (χ1v) is 30.4. The maximum absolute atomic E-state index is 13.0. The number of nitrogens with zero attached hydrogens (tertiary/aromatic N) is 2. The Kier molecular flexibility index (Phi) is 28.4. The predicted molar refractivity (Wildman–Crippen MR) is 294 cm³/mol. The molecule has 0 spiro atoms. The lowest BCUT2D eigenvalue weighted by Gasteiger charge is -2.29. The first kappa shape index (κ1) is 68.0. The number of aliphatic hydroxyl groups excluding tert-OH is 4. The maximum atomic E-state index is 13.0. The number of rotatable bonds is 37. The zero-order valence-corrected chi connectivity index (χ0v) is 48.9. The third-order valence-electron chi connectivity index (χ3n) is 13.6. The number of unbranched alkanes of at least 4 members (excludes halogenated alkanes) is 8. The quantitative estimate of drug-likeness (QED) is 0.0210. The summed E-state index contributed by atoms with van der Waals surface area (Å²) in [5, 5.41) is 43.6. The Balaban J connectivity index is 0.978. The lowest BCUT2D eigenvalue weighted by molar-refractivity contribution is -0.138.